The van der Waals surface area contributed by atoms with Crippen molar-refractivity contribution in [1.82, 2.24) is 24.1 Å². The topological polar surface area (TPSA) is 61.7 Å². The lowest BCUT2D eigenvalue weighted by Crippen LogP contribution is -2.01. The molecular weight excluding hydrogens is 699 g/mol. The first-order valence-electron chi connectivity index (χ1n) is 19.1. The number of benzene rings is 8. The number of hydrogen-bond donors (Lipinski definition) is 0. The zero-order chi connectivity index (χ0) is 37.5. The summed E-state index contributed by atoms with van der Waals surface area (Å²) in [6.45, 7) is 0. The van der Waals surface area contributed by atoms with Crippen LogP contribution in [0.2, 0.25) is 0 Å². The van der Waals surface area contributed by atoms with Gasteiger partial charge in [0.2, 0.25) is 0 Å². The van der Waals surface area contributed by atoms with Gasteiger partial charge in [-0.3, -0.25) is 0 Å². The van der Waals surface area contributed by atoms with Crippen molar-refractivity contribution < 1.29 is 4.42 Å². The van der Waals surface area contributed by atoms with E-state index in [-0.39, 0.29) is 0 Å². The smallest absolute Gasteiger partial charge is 0.164 e. The van der Waals surface area contributed by atoms with Crippen LogP contribution in [0.5, 0.6) is 0 Å². The van der Waals surface area contributed by atoms with Gasteiger partial charge in [0.25, 0.3) is 0 Å². The maximum Gasteiger partial charge on any atom is 0.164 e. The maximum absolute atomic E-state index is 6.25. The number of fused-ring (bicyclic) bond motifs is 10. The Labute approximate surface area is 326 Å². The molecule has 4 aromatic heterocycles. The summed E-state index contributed by atoms with van der Waals surface area (Å²) in [5, 5.41) is 6.89. The molecular formula is C51H31N5O. The van der Waals surface area contributed by atoms with Gasteiger partial charge in [-0.1, -0.05) is 121 Å². The molecule has 6 nitrogen and oxygen atoms in total. The van der Waals surface area contributed by atoms with Gasteiger partial charge in [-0.25, -0.2) is 15.0 Å². The molecule has 0 atom stereocenters. The normalized spacial score (nSPS) is 11.9. The van der Waals surface area contributed by atoms with Crippen LogP contribution in [-0.4, -0.2) is 24.1 Å². The fourth-order valence-electron chi connectivity index (χ4n) is 8.69. The SMILES string of the molecule is c1ccc(-c2nc(-c3ccc(-n4c5ccccc5c5ccc6c(c7ccccc7n6-c6ccccc6)c54)cc3)nc(-c3cccc4oc5ccccc5c34)n2)cc1. The molecule has 6 heteroatoms. The van der Waals surface area contributed by atoms with Gasteiger partial charge in [0.05, 0.1) is 22.1 Å². The predicted octanol–water partition coefficient (Wildman–Crippen LogP) is 13.0. The summed E-state index contributed by atoms with van der Waals surface area (Å²) in [7, 11) is 0. The van der Waals surface area contributed by atoms with Crippen molar-refractivity contribution in [2.45, 2.75) is 0 Å². The Balaban J connectivity index is 1.07. The molecule has 266 valence electrons. The average Bonchev–Trinajstić information content (AvgIpc) is 3.95. The van der Waals surface area contributed by atoms with E-state index in [0.717, 1.165) is 55.5 Å². The number of furan rings is 1. The third-order valence-electron chi connectivity index (χ3n) is 11.2. The fraction of sp³-hybridized carbons (Fsp3) is 0. The highest BCUT2D eigenvalue weighted by Gasteiger charge is 2.22. The Morgan fingerprint density at radius 3 is 1.68 bits per heavy atom. The van der Waals surface area contributed by atoms with E-state index in [0.29, 0.717) is 17.5 Å². The minimum Gasteiger partial charge on any atom is -0.456 e. The summed E-state index contributed by atoms with van der Waals surface area (Å²) in [4.78, 5) is 15.3. The summed E-state index contributed by atoms with van der Waals surface area (Å²) < 4.78 is 11.0. The van der Waals surface area contributed by atoms with E-state index in [1.807, 2.05) is 60.7 Å². The van der Waals surface area contributed by atoms with Crippen molar-refractivity contribution in [2.75, 3.05) is 0 Å². The van der Waals surface area contributed by atoms with Crippen LogP contribution in [-0.2, 0) is 0 Å². The maximum atomic E-state index is 6.25. The van der Waals surface area contributed by atoms with Gasteiger partial charge in [0.1, 0.15) is 11.2 Å². The lowest BCUT2D eigenvalue weighted by atomic mass is 10.1. The molecule has 0 radical (unpaired) electrons. The largest absolute Gasteiger partial charge is 0.456 e. The number of rotatable bonds is 5. The standard InChI is InChI=1S/C51H31N5O/c1-3-14-32(15-4-1)49-52-50(54-51(53-49)40-21-13-25-45-46(40)39-20-9-12-24-44(39)57-45)33-26-28-35(29-27-33)56-41-22-10-7-18-36(41)37-30-31-43-47(48(37)56)38-19-8-11-23-42(38)55(43)34-16-5-2-6-17-34/h1-31H. The minimum atomic E-state index is 0.597. The molecule has 0 saturated heterocycles. The molecule has 57 heavy (non-hydrogen) atoms. The van der Waals surface area contributed by atoms with E-state index in [2.05, 4.69) is 137 Å². The van der Waals surface area contributed by atoms with E-state index in [1.165, 1.54) is 38.1 Å². The van der Waals surface area contributed by atoms with Gasteiger partial charge in [0.15, 0.2) is 17.5 Å². The van der Waals surface area contributed by atoms with Crippen molar-refractivity contribution >= 4 is 65.6 Å². The van der Waals surface area contributed by atoms with Gasteiger partial charge in [-0.05, 0) is 66.7 Å². The van der Waals surface area contributed by atoms with Gasteiger partial charge < -0.3 is 13.6 Å². The first kappa shape index (κ1) is 31.5. The first-order valence-corrected chi connectivity index (χ1v) is 19.1. The van der Waals surface area contributed by atoms with E-state index in [4.69, 9.17) is 19.4 Å². The lowest BCUT2D eigenvalue weighted by Gasteiger charge is -2.12. The third kappa shape index (κ3) is 4.81. The Kier molecular flexibility index (Phi) is 6.83. The summed E-state index contributed by atoms with van der Waals surface area (Å²) in [6.07, 6.45) is 0. The number of nitrogens with zero attached hydrogens (tertiary/aromatic N) is 5. The zero-order valence-corrected chi connectivity index (χ0v) is 30.5. The van der Waals surface area contributed by atoms with Gasteiger partial charge >= 0.3 is 0 Å². The van der Waals surface area contributed by atoms with Crippen molar-refractivity contribution in [3.63, 3.8) is 0 Å². The molecule has 0 amide bonds. The van der Waals surface area contributed by atoms with Crippen molar-refractivity contribution in [3.05, 3.63) is 188 Å². The summed E-state index contributed by atoms with van der Waals surface area (Å²) in [5.41, 5.74) is 11.2. The predicted molar refractivity (Wildman–Crippen MR) is 232 cm³/mol. The summed E-state index contributed by atoms with van der Waals surface area (Å²) >= 11 is 0. The molecule has 0 aliphatic rings. The second-order valence-electron chi connectivity index (χ2n) is 14.4. The fourth-order valence-corrected chi connectivity index (χ4v) is 8.69. The highest BCUT2D eigenvalue weighted by molar-refractivity contribution is 6.26. The van der Waals surface area contributed by atoms with Gasteiger partial charge in [-0.15, -0.1) is 0 Å². The molecule has 12 rings (SSSR count). The second-order valence-corrected chi connectivity index (χ2v) is 14.4. The van der Waals surface area contributed by atoms with Crippen molar-refractivity contribution in [2.24, 2.45) is 0 Å². The summed E-state index contributed by atoms with van der Waals surface area (Å²) in [5.74, 6) is 1.81. The van der Waals surface area contributed by atoms with Crippen LogP contribution in [0.1, 0.15) is 0 Å². The highest BCUT2D eigenvalue weighted by Crippen LogP contribution is 2.42. The molecule has 4 heterocycles. The number of aromatic nitrogens is 5. The Morgan fingerprint density at radius 1 is 0.333 bits per heavy atom. The van der Waals surface area contributed by atoms with Crippen LogP contribution in [0.25, 0.3) is 111 Å². The molecule has 0 fully saturated rings. The lowest BCUT2D eigenvalue weighted by molar-refractivity contribution is 0.669. The van der Waals surface area contributed by atoms with E-state index in [1.54, 1.807) is 0 Å². The second kappa shape index (κ2) is 12.3. The monoisotopic (exact) mass is 729 g/mol. The van der Waals surface area contributed by atoms with Crippen LogP contribution in [0, 0.1) is 0 Å². The highest BCUT2D eigenvalue weighted by atomic mass is 16.3. The molecule has 0 spiro atoms. The van der Waals surface area contributed by atoms with E-state index < -0.39 is 0 Å². The molecule has 0 bridgehead atoms. The third-order valence-corrected chi connectivity index (χ3v) is 11.2. The number of para-hydroxylation sites is 4. The van der Waals surface area contributed by atoms with Crippen LogP contribution >= 0.6 is 0 Å². The molecule has 12 aromatic rings. The summed E-state index contributed by atoms with van der Waals surface area (Å²) in [6, 6.07) is 65.5. The molecule has 0 aliphatic heterocycles. The first-order chi connectivity index (χ1) is 28.3. The van der Waals surface area contributed by atoms with Gasteiger partial charge in [-0.2, -0.15) is 0 Å². The molecule has 0 N–H and O–H groups in total. The Morgan fingerprint density at radius 2 is 0.912 bits per heavy atom. The van der Waals surface area contributed by atoms with E-state index in [9.17, 15) is 0 Å². The molecule has 0 unspecified atom stereocenters. The van der Waals surface area contributed by atoms with Crippen LogP contribution in [0.15, 0.2) is 192 Å². The molecule has 0 aliphatic carbocycles. The minimum absolute atomic E-state index is 0.597. The average molecular weight is 730 g/mol. The van der Waals surface area contributed by atoms with Crippen LogP contribution < -0.4 is 0 Å². The molecule has 0 saturated carbocycles. The Hall–Kier alpha value is -7.83. The van der Waals surface area contributed by atoms with Gasteiger partial charge in [0, 0.05) is 60.4 Å². The Bertz CT molecular complexity index is 3510. The van der Waals surface area contributed by atoms with Crippen LogP contribution in [0.4, 0.5) is 0 Å². The van der Waals surface area contributed by atoms with E-state index >= 15 is 0 Å². The van der Waals surface area contributed by atoms with Crippen molar-refractivity contribution in [1.29, 1.82) is 0 Å². The van der Waals surface area contributed by atoms with Crippen molar-refractivity contribution in [3.8, 4) is 45.5 Å². The quantitative estimate of drug-likeness (QED) is 0.177. The zero-order valence-electron chi connectivity index (χ0n) is 30.5. The number of hydrogen-bond acceptors (Lipinski definition) is 4. The van der Waals surface area contributed by atoms with Crippen LogP contribution in [0.3, 0.4) is 0 Å². The molecule has 8 aromatic carbocycles.